The van der Waals surface area contributed by atoms with Crippen molar-refractivity contribution >= 4 is 28.9 Å². The fourth-order valence-electron chi connectivity index (χ4n) is 3.11. The van der Waals surface area contributed by atoms with Crippen molar-refractivity contribution in [1.82, 2.24) is 0 Å². The first kappa shape index (κ1) is 22.9. The summed E-state index contributed by atoms with van der Waals surface area (Å²) >= 11 is 0. The normalized spacial score (nSPS) is 10.3. The van der Waals surface area contributed by atoms with E-state index < -0.39 is 0 Å². The zero-order valence-electron chi connectivity index (χ0n) is 18.3. The van der Waals surface area contributed by atoms with Crippen molar-refractivity contribution in [3.8, 4) is 5.75 Å². The molecule has 166 valence electrons. The van der Waals surface area contributed by atoms with E-state index in [4.69, 9.17) is 4.74 Å². The monoisotopic (exact) mass is 431 g/mol. The van der Waals surface area contributed by atoms with Gasteiger partial charge in [0, 0.05) is 17.8 Å². The third kappa shape index (κ3) is 7.47. The quantitative estimate of drug-likeness (QED) is 0.369. The van der Waals surface area contributed by atoms with Gasteiger partial charge < -0.3 is 20.7 Å². The molecule has 0 fully saturated rings. The van der Waals surface area contributed by atoms with Crippen molar-refractivity contribution in [2.24, 2.45) is 0 Å². The molecule has 3 aromatic carbocycles. The van der Waals surface area contributed by atoms with Crippen LogP contribution < -0.4 is 20.7 Å². The second-order valence-corrected chi connectivity index (χ2v) is 7.31. The third-order valence-electron chi connectivity index (χ3n) is 4.81. The lowest BCUT2D eigenvalue weighted by Crippen LogP contribution is -2.22. The molecule has 0 unspecified atom stereocenters. The first-order chi connectivity index (χ1) is 15.6. The summed E-state index contributed by atoms with van der Waals surface area (Å²) in [4.78, 5) is 23.8. The standard InChI is InChI=1S/C26H29N3O3/c1-2-25(30)28-21-14-16-22(17-15-21)29-26(31)19-27-23-12-6-7-13-24(23)32-18-8-11-20-9-4-3-5-10-20/h3-7,9-10,12-17,27H,2,8,11,18-19H2,1H3,(H,28,30)(H,29,31). The molecule has 0 saturated carbocycles. The van der Waals surface area contributed by atoms with E-state index in [-0.39, 0.29) is 18.4 Å². The molecule has 0 aliphatic carbocycles. The molecule has 0 aromatic heterocycles. The third-order valence-corrected chi connectivity index (χ3v) is 4.81. The van der Waals surface area contributed by atoms with Crippen LogP contribution in [0, 0.1) is 0 Å². The van der Waals surface area contributed by atoms with Crippen molar-refractivity contribution < 1.29 is 14.3 Å². The van der Waals surface area contributed by atoms with Crippen molar-refractivity contribution in [2.45, 2.75) is 26.2 Å². The summed E-state index contributed by atoms with van der Waals surface area (Å²) < 4.78 is 5.93. The fraction of sp³-hybridized carbons (Fsp3) is 0.231. The summed E-state index contributed by atoms with van der Waals surface area (Å²) in [7, 11) is 0. The molecule has 2 amide bonds. The number of amides is 2. The number of hydrogen-bond acceptors (Lipinski definition) is 4. The number of aryl methyl sites for hydroxylation is 1. The van der Waals surface area contributed by atoms with Crippen LogP contribution in [0.25, 0.3) is 0 Å². The Morgan fingerprint density at radius 2 is 1.41 bits per heavy atom. The Morgan fingerprint density at radius 1 is 0.781 bits per heavy atom. The average molecular weight is 432 g/mol. The van der Waals surface area contributed by atoms with E-state index in [1.165, 1.54) is 5.56 Å². The second kappa shape index (κ2) is 12.2. The van der Waals surface area contributed by atoms with Crippen LogP contribution in [-0.4, -0.2) is 25.0 Å². The molecule has 32 heavy (non-hydrogen) atoms. The van der Waals surface area contributed by atoms with E-state index in [0.717, 1.165) is 24.3 Å². The number of anilines is 3. The van der Waals surface area contributed by atoms with Gasteiger partial charge in [0.05, 0.1) is 18.8 Å². The highest BCUT2D eigenvalue weighted by molar-refractivity contribution is 5.95. The molecular weight excluding hydrogens is 402 g/mol. The van der Waals surface area contributed by atoms with Crippen LogP contribution in [0.4, 0.5) is 17.1 Å². The van der Waals surface area contributed by atoms with Gasteiger partial charge in [0.25, 0.3) is 0 Å². The summed E-state index contributed by atoms with van der Waals surface area (Å²) in [6.07, 6.45) is 2.29. The molecule has 0 spiro atoms. The van der Waals surface area contributed by atoms with Gasteiger partial charge in [-0.15, -0.1) is 0 Å². The first-order valence-corrected chi connectivity index (χ1v) is 10.8. The SMILES string of the molecule is CCC(=O)Nc1ccc(NC(=O)CNc2ccccc2OCCCc2ccccc2)cc1. The Morgan fingerprint density at radius 3 is 2.09 bits per heavy atom. The predicted octanol–water partition coefficient (Wildman–Crippen LogP) is 5.10. The number of rotatable bonds is 11. The molecular formula is C26H29N3O3. The van der Waals surface area contributed by atoms with Crippen LogP contribution in [0.1, 0.15) is 25.3 Å². The molecule has 3 N–H and O–H groups in total. The van der Waals surface area contributed by atoms with Crippen LogP contribution in [0.2, 0.25) is 0 Å². The molecule has 0 aliphatic heterocycles. The van der Waals surface area contributed by atoms with E-state index in [1.54, 1.807) is 31.2 Å². The van der Waals surface area contributed by atoms with Gasteiger partial charge in [-0.2, -0.15) is 0 Å². The van der Waals surface area contributed by atoms with Gasteiger partial charge in [0.15, 0.2) is 0 Å². The maximum atomic E-state index is 12.3. The van der Waals surface area contributed by atoms with Gasteiger partial charge >= 0.3 is 0 Å². The number of nitrogens with one attached hydrogen (secondary N) is 3. The highest BCUT2D eigenvalue weighted by atomic mass is 16.5. The average Bonchev–Trinajstić information content (AvgIpc) is 2.83. The van der Waals surface area contributed by atoms with E-state index in [1.807, 2.05) is 42.5 Å². The summed E-state index contributed by atoms with van der Waals surface area (Å²) in [6.45, 7) is 2.50. The number of para-hydroxylation sites is 2. The molecule has 3 rings (SSSR count). The molecule has 6 nitrogen and oxygen atoms in total. The molecule has 0 aliphatic rings. The molecule has 0 radical (unpaired) electrons. The van der Waals surface area contributed by atoms with Crippen molar-refractivity contribution in [1.29, 1.82) is 0 Å². The molecule has 0 atom stereocenters. The summed E-state index contributed by atoms with van der Waals surface area (Å²) in [5, 5.41) is 8.76. The number of benzene rings is 3. The Bertz CT molecular complexity index is 1000. The van der Waals surface area contributed by atoms with Gasteiger partial charge in [-0.05, 0) is 54.8 Å². The number of hydrogen-bond donors (Lipinski definition) is 3. The smallest absolute Gasteiger partial charge is 0.243 e. The Kier molecular flexibility index (Phi) is 8.69. The van der Waals surface area contributed by atoms with Gasteiger partial charge in [-0.25, -0.2) is 0 Å². The minimum absolute atomic E-state index is 0.0491. The molecule has 0 saturated heterocycles. The summed E-state index contributed by atoms with van der Waals surface area (Å²) in [6, 6.07) is 25.0. The molecule has 3 aromatic rings. The lowest BCUT2D eigenvalue weighted by atomic mass is 10.1. The van der Waals surface area contributed by atoms with Crippen LogP contribution in [-0.2, 0) is 16.0 Å². The predicted molar refractivity (Wildman–Crippen MR) is 129 cm³/mol. The zero-order chi connectivity index (χ0) is 22.6. The Balaban J connectivity index is 1.44. The minimum Gasteiger partial charge on any atom is -0.491 e. The van der Waals surface area contributed by atoms with Crippen LogP contribution in [0.5, 0.6) is 5.75 Å². The maximum Gasteiger partial charge on any atom is 0.243 e. The largest absolute Gasteiger partial charge is 0.491 e. The van der Waals surface area contributed by atoms with Gasteiger partial charge in [-0.3, -0.25) is 9.59 Å². The van der Waals surface area contributed by atoms with Crippen LogP contribution in [0.15, 0.2) is 78.9 Å². The highest BCUT2D eigenvalue weighted by Crippen LogP contribution is 2.24. The number of carbonyl (C=O) groups excluding carboxylic acids is 2. The van der Waals surface area contributed by atoms with Gasteiger partial charge in [-0.1, -0.05) is 49.4 Å². The molecule has 0 bridgehead atoms. The fourth-order valence-corrected chi connectivity index (χ4v) is 3.11. The van der Waals surface area contributed by atoms with E-state index in [9.17, 15) is 9.59 Å². The first-order valence-electron chi connectivity index (χ1n) is 10.8. The Hall–Kier alpha value is -3.80. The molecule has 6 heteroatoms. The van der Waals surface area contributed by atoms with E-state index in [0.29, 0.717) is 24.4 Å². The zero-order valence-corrected chi connectivity index (χ0v) is 18.3. The lowest BCUT2D eigenvalue weighted by Gasteiger charge is -2.13. The highest BCUT2D eigenvalue weighted by Gasteiger charge is 2.07. The maximum absolute atomic E-state index is 12.3. The van der Waals surface area contributed by atoms with Gasteiger partial charge in [0.2, 0.25) is 11.8 Å². The van der Waals surface area contributed by atoms with Crippen LogP contribution >= 0.6 is 0 Å². The van der Waals surface area contributed by atoms with E-state index in [2.05, 4.69) is 28.1 Å². The van der Waals surface area contributed by atoms with Crippen LogP contribution in [0.3, 0.4) is 0 Å². The van der Waals surface area contributed by atoms with Crippen molar-refractivity contribution in [2.75, 3.05) is 29.1 Å². The topological polar surface area (TPSA) is 79.5 Å². The summed E-state index contributed by atoms with van der Waals surface area (Å²) in [5.74, 6) is 0.505. The minimum atomic E-state index is -0.172. The van der Waals surface area contributed by atoms with Gasteiger partial charge in [0.1, 0.15) is 5.75 Å². The number of ether oxygens (including phenoxy) is 1. The number of carbonyl (C=O) groups is 2. The van der Waals surface area contributed by atoms with Crippen molar-refractivity contribution in [3.05, 3.63) is 84.4 Å². The van der Waals surface area contributed by atoms with E-state index >= 15 is 0 Å². The molecule has 0 heterocycles. The summed E-state index contributed by atoms with van der Waals surface area (Å²) in [5.41, 5.74) is 3.43. The Labute approximate surface area is 189 Å². The second-order valence-electron chi connectivity index (χ2n) is 7.31. The van der Waals surface area contributed by atoms with Crippen molar-refractivity contribution in [3.63, 3.8) is 0 Å². The lowest BCUT2D eigenvalue weighted by molar-refractivity contribution is -0.116.